The zero-order valence-corrected chi connectivity index (χ0v) is 11.6. The fourth-order valence-electron chi connectivity index (χ4n) is 2.75. The van der Waals surface area contributed by atoms with Crippen LogP contribution in [0.3, 0.4) is 0 Å². The predicted octanol–water partition coefficient (Wildman–Crippen LogP) is 2.67. The fourth-order valence-corrected chi connectivity index (χ4v) is 3.59. The molecule has 2 N–H and O–H groups in total. The first-order chi connectivity index (χ1) is 8.16. The molecule has 3 nitrogen and oxygen atoms in total. The van der Waals surface area contributed by atoms with Crippen LogP contribution in [0.1, 0.15) is 43.3 Å². The summed E-state index contributed by atoms with van der Waals surface area (Å²) in [7, 11) is 0. The quantitative estimate of drug-likeness (QED) is 0.879. The van der Waals surface area contributed by atoms with Crippen LogP contribution in [0.4, 0.5) is 0 Å². The smallest absolute Gasteiger partial charge is 0.0944 e. The molecular weight excluding hydrogens is 232 g/mol. The summed E-state index contributed by atoms with van der Waals surface area (Å²) in [5, 5.41) is 3.23. The summed E-state index contributed by atoms with van der Waals surface area (Å²) in [5.74, 6) is 0. The first kappa shape index (κ1) is 13.0. The van der Waals surface area contributed by atoms with Crippen LogP contribution in [-0.4, -0.2) is 23.2 Å². The maximum atomic E-state index is 6.38. The Morgan fingerprint density at radius 3 is 2.76 bits per heavy atom. The summed E-state index contributed by atoms with van der Waals surface area (Å²) >= 11 is 1.71. The minimum Gasteiger partial charge on any atom is -0.374 e. The zero-order valence-electron chi connectivity index (χ0n) is 10.7. The van der Waals surface area contributed by atoms with Crippen molar-refractivity contribution < 1.29 is 4.74 Å². The second-order valence-electron chi connectivity index (χ2n) is 4.90. The lowest BCUT2D eigenvalue weighted by molar-refractivity contribution is -0.0525. The third kappa shape index (κ3) is 2.87. The first-order valence-corrected chi connectivity index (χ1v) is 7.35. The van der Waals surface area contributed by atoms with E-state index < -0.39 is 0 Å². The van der Waals surface area contributed by atoms with Gasteiger partial charge in [0.25, 0.3) is 0 Å². The van der Waals surface area contributed by atoms with Crippen molar-refractivity contribution in [3.63, 3.8) is 0 Å². The van der Waals surface area contributed by atoms with Crippen molar-refractivity contribution in [3.05, 3.63) is 16.1 Å². The number of aromatic nitrogens is 1. The van der Waals surface area contributed by atoms with Crippen LogP contribution in [0.2, 0.25) is 0 Å². The van der Waals surface area contributed by atoms with Crippen LogP contribution in [0.5, 0.6) is 0 Å². The molecule has 1 heterocycles. The standard InChI is InChI=1S/C13H22N2OS/c1-3-16-13(6-4-5-7-13)11(14)8-12-15-10(2)9-17-12/h9,11H,3-8,14H2,1-2H3. The van der Waals surface area contributed by atoms with Gasteiger partial charge in [-0.05, 0) is 26.7 Å². The molecule has 96 valence electrons. The van der Waals surface area contributed by atoms with Gasteiger partial charge in [0.1, 0.15) is 0 Å². The number of hydrogen-bond acceptors (Lipinski definition) is 4. The van der Waals surface area contributed by atoms with Crippen molar-refractivity contribution >= 4 is 11.3 Å². The molecule has 0 saturated heterocycles. The molecule has 0 aromatic carbocycles. The van der Waals surface area contributed by atoms with Crippen LogP contribution < -0.4 is 5.73 Å². The number of thiazole rings is 1. The van der Waals surface area contributed by atoms with Gasteiger partial charge >= 0.3 is 0 Å². The van der Waals surface area contributed by atoms with E-state index in [4.69, 9.17) is 10.5 Å². The van der Waals surface area contributed by atoms with Gasteiger partial charge in [-0.2, -0.15) is 0 Å². The molecule has 1 unspecified atom stereocenters. The third-order valence-corrected chi connectivity index (χ3v) is 4.61. The van der Waals surface area contributed by atoms with E-state index in [9.17, 15) is 0 Å². The van der Waals surface area contributed by atoms with Gasteiger partial charge in [0.15, 0.2) is 0 Å². The minimum absolute atomic E-state index is 0.0792. The number of hydrogen-bond donors (Lipinski definition) is 1. The van der Waals surface area contributed by atoms with E-state index in [1.54, 1.807) is 11.3 Å². The van der Waals surface area contributed by atoms with E-state index in [1.165, 1.54) is 12.8 Å². The molecule has 1 aromatic heterocycles. The van der Waals surface area contributed by atoms with Crippen molar-refractivity contribution in [3.8, 4) is 0 Å². The minimum atomic E-state index is -0.0890. The van der Waals surface area contributed by atoms with E-state index >= 15 is 0 Å². The number of rotatable bonds is 5. The normalized spacial score (nSPS) is 20.6. The van der Waals surface area contributed by atoms with Gasteiger partial charge in [-0.1, -0.05) is 12.8 Å². The fraction of sp³-hybridized carbons (Fsp3) is 0.769. The summed E-state index contributed by atoms with van der Waals surface area (Å²) in [6, 6.07) is 0.0792. The van der Waals surface area contributed by atoms with Crippen molar-refractivity contribution in [2.75, 3.05) is 6.61 Å². The number of ether oxygens (including phenoxy) is 1. The average Bonchev–Trinajstić information content (AvgIpc) is 2.89. The van der Waals surface area contributed by atoms with Gasteiger partial charge in [0.05, 0.1) is 10.6 Å². The Morgan fingerprint density at radius 2 is 2.24 bits per heavy atom. The van der Waals surface area contributed by atoms with Gasteiger partial charge in [-0.25, -0.2) is 4.98 Å². The highest BCUT2D eigenvalue weighted by atomic mass is 32.1. The first-order valence-electron chi connectivity index (χ1n) is 6.47. The molecular formula is C13H22N2OS. The molecule has 1 atom stereocenters. The van der Waals surface area contributed by atoms with Crippen LogP contribution in [0.25, 0.3) is 0 Å². The zero-order chi connectivity index (χ0) is 12.3. The highest BCUT2D eigenvalue weighted by Gasteiger charge is 2.40. The second kappa shape index (κ2) is 5.46. The summed E-state index contributed by atoms with van der Waals surface area (Å²) < 4.78 is 5.98. The summed E-state index contributed by atoms with van der Waals surface area (Å²) in [6.07, 6.45) is 5.53. The van der Waals surface area contributed by atoms with E-state index in [0.29, 0.717) is 0 Å². The van der Waals surface area contributed by atoms with Crippen molar-refractivity contribution in [1.82, 2.24) is 4.98 Å². The molecule has 17 heavy (non-hydrogen) atoms. The van der Waals surface area contributed by atoms with Gasteiger partial charge in [0, 0.05) is 30.1 Å². The average molecular weight is 254 g/mol. The Balaban J connectivity index is 2.03. The molecule has 1 aromatic rings. The topological polar surface area (TPSA) is 48.1 Å². The molecule has 0 spiro atoms. The third-order valence-electron chi connectivity index (χ3n) is 3.62. The van der Waals surface area contributed by atoms with Gasteiger partial charge in [-0.15, -0.1) is 11.3 Å². The van der Waals surface area contributed by atoms with Gasteiger partial charge in [0.2, 0.25) is 0 Å². The Bertz CT molecular complexity index is 358. The molecule has 1 fully saturated rings. The highest BCUT2D eigenvalue weighted by Crippen LogP contribution is 2.36. The van der Waals surface area contributed by atoms with Crippen molar-refractivity contribution in [2.45, 2.75) is 57.6 Å². The largest absolute Gasteiger partial charge is 0.374 e. The Morgan fingerprint density at radius 1 is 1.53 bits per heavy atom. The Kier molecular flexibility index (Phi) is 4.17. The molecule has 0 radical (unpaired) electrons. The maximum Gasteiger partial charge on any atom is 0.0944 e. The lowest BCUT2D eigenvalue weighted by atomic mass is 9.90. The highest BCUT2D eigenvalue weighted by molar-refractivity contribution is 7.09. The lowest BCUT2D eigenvalue weighted by Gasteiger charge is -2.34. The van der Waals surface area contributed by atoms with E-state index in [-0.39, 0.29) is 11.6 Å². The van der Waals surface area contributed by atoms with Crippen LogP contribution >= 0.6 is 11.3 Å². The second-order valence-corrected chi connectivity index (χ2v) is 5.84. The number of nitrogens with zero attached hydrogens (tertiary/aromatic N) is 1. The SMILES string of the molecule is CCOC1(C(N)Cc2nc(C)cs2)CCCC1. The predicted molar refractivity (Wildman–Crippen MR) is 71.4 cm³/mol. The molecule has 1 saturated carbocycles. The number of aryl methyl sites for hydroxylation is 1. The van der Waals surface area contributed by atoms with Crippen molar-refractivity contribution in [2.24, 2.45) is 5.73 Å². The van der Waals surface area contributed by atoms with Crippen molar-refractivity contribution in [1.29, 1.82) is 0 Å². The Hall–Kier alpha value is -0.450. The number of nitrogens with two attached hydrogens (primary N) is 1. The summed E-state index contributed by atoms with van der Waals surface area (Å²) in [6.45, 7) is 4.84. The van der Waals surface area contributed by atoms with Gasteiger partial charge < -0.3 is 10.5 Å². The van der Waals surface area contributed by atoms with E-state index in [2.05, 4.69) is 17.3 Å². The molecule has 4 heteroatoms. The lowest BCUT2D eigenvalue weighted by Crippen LogP contribution is -2.49. The summed E-state index contributed by atoms with van der Waals surface area (Å²) in [5.41, 5.74) is 7.39. The van der Waals surface area contributed by atoms with Crippen LogP contribution in [0, 0.1) is 6.92 Å². The molecule has 1 aliphatic carbocycles. The maximum absolute atomic E-state index is 6.38. The Labute approximate surface area is 107 Å². The molecule has 0 bridgehead atoms. The summed E-state index contributed by atoms with van der Waals surface area (Å²) in [4.78, 5) is 4.50. The van der Waals surface area contributed by atoms with E-state index in [0.717, 1.165) is 36.6 Å². The molecule has 2 rings (SSSR count). The molecule has 1 aliphatic rings. The van der Waals surface area contributed by atoms with Crippen LogP contribution in [0.15, 0.2) is 5.38 Å². The van der Waals surface area contributed by atoms with Gasteiger partial charge in [-0.3, -0.25) is 0 Å². The monoisotopic (exact) mass is 254 g/mol. The molecule has 0 amide bonds. The van der Waals surface area contributed by atoms with Crippen LogP contribution in [-0.2, 0) is 11.2 Å². The molecule has 0 aliphatic heterocycles. The van der Waals surface area contributed by atoms with E-state index in [1.807, 2.05) is 6.92 Å².